The van der Waals surface area contributed by atoms with E-state index in [1.165, 1.54) is 30.0 Å². The average molecular weight is 396 g/mol. The van der Waals surface area contributed by atoms with Gasteiger partial charge in [-0.15, -0.1) is 11.3 Å². The standard InChI is InChI=1S/C19H16N4O2S2/c1-11(24)7-17-20-10-14(26-17)9-16-18(25)22-19(27-16)21-13-4-3-12-5-6-23(2)15(12)8-13/h3-6,8-10H,7H2,1-2H3,(H,21,22,25)/b16-9-. The monoisotopic (exact) mass is 396 g/mol. The quantitative estimate of drug-likeness (QED) is 0.683. The summed E-state index contributed by atoms with van der Waals surface area (Å²) in [6, 6.07) is 7.99. The third-order valence-electron chi connectivity index (χ3n) is 4.00. The largest absolute Gasteiger partial charge is 0.350 e. The molecule has 0 atom stereocenters. The van der Waals surface area contributed by atoms with Gasteiger partial charge in [-0.3, -0.25) is 9.59 Å². The van der Waals surface area contributed by atoms with Gasteiger partial charge in [-0.1, -0.05) is 6.07 Å². The Hall–Kier alpha value is -2.71. The van der Waals surface area contributed by atoms with Gasteiger partial charge in [0.25, 0.3) is 5.91 Å². The molecule has 0 bridgehead atoms. The maximum atomic E-state index is 12.2. The number of thiazole rings is 1. The Bertz CT molecular complexity index is 1120. The number of rotatable bonds is 4. The molecule has 0 unspecified atom stereocenters. The molecule has 1 amide bonds. The molecule has 8 heteroatoms. The van der Waals surface area contributed by atoms with Crippen LogP contribution >= 0.6 is 23.1 Å². The minimum absolute atomic E-state index is 0.0705. The summed E-state index contributed by atoms with van der Waals surface area (Å²) >= 11 is 2.71. The predicted octanol–water partition coefficient (Wildman–Crippen LogP) is 3.66. The number of aromatic nitrogens is 2. The number of Topliss-reactive ketones (excluding diaryl/α,β-unsaturated/α-hetero) is 1. The van der Waals surface area contributed by atoms with E-state index in [1.54, 1.807) is 12.3 Å². The van der Waals surface area contributed by atoms with Crippen LogP contribution < -0.4 is 5.32 Å². The molecule has 27 heavy (non-hydrogen) atoms. The molecule has 6 nitrogen and oxygen atoms in total. The number of hydrogen-bond acceptors (Lipinski definition) is 6. The van der Waals surface area contributed by atoms with Crippen molar-refractivity contribution >= 4 is 62.6 Å². The van der Waals surface area contributed by atoms with Crippen molar-refractivity contribution in [1.29, 1.82) is 0 Å². The highest BCUT2D eigenvalue weighted by atomic mass is 32.2. The molecule has 0 saturated carbocycles. The Morgan fingerprint density at radius 2 is 2.22 bits per heavy atom. The number of nitrogens with one attached hydrogen (secondary N) is 1. The first kappa shape index (κ1) is 17.7. The molecule has 1 aliphatic heterocycles. The maximum absolute atomic E-state index is 12.2. The van der Waals surface area contributed by atoms with Gasteiger partial charge in [-0.05, 0) is 48.3 Å². The van der Waals surface area contributed by atoms with Crippen LogP contribution in [0.25, 0.3) is 17.0 Å². The number of amides is 1. The molecular weight excluding hydrogens is 380 g/mol. The SMILES string of the molecule is CC(=O)Cc1ncc(/C=C2\SC(=Nc3ccc4ccn(C)c4c3)NC2=O)s1. The molecule has 3 aromatic rings. The van der Waals surface area contributed by atoms with Gasteiger partial charge in [-0.25, -0.2) is 9.98 Å². The van der Waals surface area contributed by atoms with Crippen LogP contribution in [-0.4, -0.2) is 26.4 Å². The van der Waals surface area contributed by atoms with Crippen LogP contribution in [0.2, 0.25) is 0 Å². The van der Waals surface area contributed by atoms with Crippen molar-refractivity contribution in [3.05, 3.63) is 51.4 Å². The van der Waals surface area contributed by atoms with Gasteiger partial charge >= 0.3 is 0 Å². The van der Waals surface area contributed by atoms with Crippen molar-refractivity contribution in [3.8, 4) is 0 Å². The first-order chi connectivity index (χ1) is 13.0. The number of thioether (sulfide) groups is 1. The number of aryl methyl sites for hydroxylation is 1. The molecule has 1 aromatic carbocycles. The highest BCUT2D eigenvalue weighted by molar-refractivity contribution is 8.18. The normalized spacial score (nSPS) is 17.2. The highest BCUT2D eigenvalue weighted by Gasteiger charge is 2.24. The van der Waals surface area contributed by atoms with Crippen molar-refractivity contribution in [2.24, 2.45) is 12.0 Å². The number of aliphatic imine (C=N–C) groups is 1. The first-order valence-electron chi connectivity index (χ1n) is 8.27. The van der Waals surface area contributed by atoms with E-state index < -0.39 is 0 Å². The fourth-order valence-electron chi connectivity index (χ4n) is 2.73. The van der Waals surface area contributed by atoms with Gasteiger partial charge in [-0.2, -0.15) is 0 Å². The van der Waals surface area contributed by atoms with Gasteiger partial charge < -0.3 is 9.88 Å². The number of carbonyl (C=O) groups is 2. The van der Waals surface area contributed by atoms with Crippen LogP contribution in [-0.2, 0) is 23.1 Å². The van der Waals surface area contributed by atoms with Gasteiger partial charge in [0.2, 0.25) is 0 Å². The molecule has 1 fully saturated rings. The number of carbonyl (C=O) groups excluding carboxylic acids is 2. The number of amidine groups is 1. The van der Waals surface area contributed by atoms with Crippen LogP contribution in [0, 0.1) is 0 Å². The van der Waals surface area contributed by atoms with E-state index in [4.69, 9.17) is 0 Å². The second-order valence-electron chi connectivity index (χ2n) is 6.19. The Labute approximate surface area is 164 Å². The summed E-state index contributed by atoms with van der Waals surface area (Å²) in [4.78, 5) is 33.6. The molecule has 0 aliphatic carbocycles. The molecule has 1 aliphatic rings. The van der Waals surface area contributed by atoms with Crippen LogP contribution in [0.1, 0.15) is 16.8 Å². The number of fused-ring (bicyclic) bond motifs is 1. The summed E-state index contributed by atoms with van der Waals surface area (Å²) in [5.74, 6) is -0.110. The third-order valence-corrected chi connectivity index (χ3v) is 5.85. The van der Waals surface area contributed by atoms with Crippen molar-refractivity contribution in [3.63, 3.8) is 0 Å². The molecular formula is C19H16N4O2S2. The fourth-order valence-corrected chi connectivity index (χ4v) is 4.58. The number of benzene rings is 1. The van der Waals surface area contributed by atoms with Crippen LogP contribution in [0.5, 0.6) is 0 Å². The van der Waals surface area contributed by atoms with Crippen molar-refractivity contribution < 1.29 is 9.59 Å². The fraction of sp³-hybridized carbons (Fsp3) is 0.158. The van der Waals surface area contributed by atoms with Crippen molar-refractivity contribution in [2.45, 2.75) is 13.3 Å². The average Bonchev–Trinajstić information content (AvgIpc) is 3.29. The summed E-state index contributed by atoms with van der Waals surface area (Å²) in [5.41, 5.74) is 1.87. The lowest BCUT2D eigenvalue weighted by atomic mass is 10.2. The van der Waals surface area contributed by atoms with Gasteiger partial charge in [0.15, 0.2) is 5.17 Å². The number of hydrogen-bond donors (Lipinski definition) is 1. The van der Waals surface area contributed by atoms with Crippen molar-refractivity contribution in [1.82, 2.24) is 14.9 Å². The molecule has 1 N–H and O–H groups in total. The zero-order chi connectivity index (χ0) is 19.0. The van der Waals surface area contributed by atoms with Crippen LogP contribution in [0.4, 0.5) is 5.69 Å². The smallest absolute Gasteiger partial charge is 0.264 e. The van der Waals surface area contributed by atoms with Gasteiger partial charge in [0, 0.05) is 29.8 Å². The summed E-state index contributed by atoms with van der Waals surface area (Å²) in [6.07, 6.45) is 5.79. The van der Waals surface area contributed by atoms with E-state index in [1.807, 2.05) is 36.0 Å². The lowest BCUT2D eigenvalue weighted by molar-refractivity contribution is -0.116. The summed E-state index contributed by atoms with van der Waals surface area (Å²) < 4.78 is 2.03. The molecule has 136 valence electrons. The molecule has 1 saturated heterocycles. The highest BCUT2D eigenvalue weighted by Crippen LogP contribution is 2.30. The Morgan fingerprint density at radius 3 is 3.04 bits per heavy atom. The van der Waals surface area contributed by atoms with Crippen LogP contribution in [0.3, 0.4) is 0 Å². The van der Waals surface area contributed by atoms with E-state index >= 15 is 0 Å². The third kappa shape index (κ3) is 3.86. The second kappa shape index (κ2) is 7.13. The zero-order valence-corrected chi connectivity index (χ0v) is 16.4. The van der Waals surface area contributed by atoms with Crippen molar-refractivity contribution in [2.75, 3.05) is 0 Å². The lowest BCUT2D eigenvalue weighted by Gasteiger charge is -1.99. The summed E-state index contributed by atoms with van der Waals surface area (Å²) in [6.45, 7) is 1.54. The molecule has 0 spiro atoms. The van der Waals surface area contributed by atoms with Crippen LogP contribution in [0.15, 0.2) is 46.6 Å². The van der Waals surface area contributed by atoms with E-state index in [-0.39, 0.29) is 11.7 Å². The Balaban J connectivity index is 1.55. The Morgan fingerprint density at radius 1 is 1.37 bits per heavy atom. The molecule has 2 aromatic heterocycles. The maximum Gasteiger partial charge on any atom is 0.264 e. The van der Waals surface area contributed by atoms with Gasteiger partial charge in [0.1, 0.15) is 10.8 Å². The minimum Gasteiger partial charge on any atom is -0.350 e. The number of nitrogens with zero attached hydrogens (tertiary/aromatic N) is 3. The molecule has 0 radical (unpaired) electrons. The second-order valence-corrected chi connectivity index (χ2v) is 8.36. The predicted molar refractivity (Wildman–Crippen MR) is 110 cm³/mol. The molecule has 4 rings (SSSR count). The topological polar surface area (TPSA) is 76.3 Å². The minimum atomic E-state index is -0.180. The van der Waals surface area contributed by atoms with E-state index in [0.717, 1.165) is 26.5 Å². The first-order valence-corrected chi connectivity index (χ1v) is 9.90. The zero-order valence-electron chi connectivity index (χ0n) is 14.7. The molecule has 3 heterocycles. The van der Waals surface area contributed by atoms with E-state index in [9.17, 15) is 9.59 Å². The summed E-state index contributed by atoms with van der Waals surface area (Å²) in [7, 11) is 1.99. The Kier molecular flexibility index (Phi) is 4.67. The van der Waals surface area contributed by atoms with Gasteiger partial charge in [0.05, 0.1) is 17.0 Å². The van der Waals surface area contributed by atoms with E-state index in [2.05, 4.69) is 21.4 Å². The summed E-state index contributed by atoms with van der Waals surface area (Å²) in [5, 5.41) is 5.25. The van der Waals surface area contributed by atoms with E-state index in [0.29, 0.717) is 16.5 Å². The number of ketones is 1. The lowest BCUT2D eigenvalue weighted by Crippen LogP contribution is -2.19.